The molecule has 0 heterocycles. The second kappa shape index (κ2) is 78.3. The molecule has 0 saturated heterocycles. The summed E-state index contributed by atoms with van der Waals surface area (Å²) in [6.45, 7) is 9.73. The van der Waals surface area contributed by atoms with Crippen molar-refractivity contribution in [3.05, 3.63) is 0 Å². The van der Waals surface area contributed by atoms with E-state index >= 15 is 0 Å². The van der Waals surface area contributed by atoms with Gasteiger partial charge in [-0.2, -0.15) is 0 Å². The van der Waals surface area contributed by atoms with Crippen molar-refractivity contribution in [2.45, 2.75) is 484 Å². The van der Waals surface area contributed by atoms with Crippen LogP contribution in [0.3, 0.4) is 0 Å². The predicted octanol–water partition coefficient (Wildman–Crippen LogP) is 26.6. The van der Waals surface area contributed by atoms with Crippen LogP contribution in [-0.2, 0) is 65.4 Å². The van der Waals surface area contributed by atoms with Crippen LogP contribution < -0.4 is 0 Å². The van der Waals surface area contributed by atoms with Crippen LogP contribution in [0.5, 0.6) is 0 Å². The van der Waals surface area contributed by atoms with Gasteiger partial charge in [-0.15, -0.1) is 0 Å². The van der Waals surface area contributed by atoms with Crippen LogP contribution in [0.15, 0.2) is 0 Å². The van der Waals surface area contributed by atoms with Crippen molar-refractivity contribution in [3.8, 4) is 0 Å². The Balaban J connectivity index is 5.24. The van der Waals surface area contributed by atoms with E-state index in [4.69, 9.17) is 37.0 Å². The number of phosphoric ester groups is 2. The summed E-state index contributed by atoms with van der Waals surface area (Å²) in [6, 6.07) is 0. The van der Waals surface area contributed by atoms with Gasteiger partial charge in [0.2, 0.25) is 0 Å². The summed E-state index contributed by atoms with van der Waals surface area (Å²) < 4.78 is 68.9. The van der Waals surface area contributed by atoms with E-state index in [1.807, 2.05) is 0 Å². The number of ether oxygens (including phenoxy) is 4. The van der Waals surface area contributed by atoms with Gasteiger partial charge in [0.15, 0.2) is 12.2 Å². The quantitative estimate of drug-likeness (QED) is 0.0222. The Morgan fingerprint density at radius 1 is 0.274 bits per heavy atom. The third kappa shape index (κ3) is 78.7. The van der Waals surface area contributed by atoms with Gasteiger partial charge in [0.1, 0.15) is 19.3 Å². The van der Waals surface area contributed by atoms with Gasteiger partial charge in [-0.3, -0.25) is 37.3 Å². The van der Waals surface area contributed by atoms with Crippen molar-refractivity contribution < 1.29 is 80.2 Å². The summed E-state index contributed by atoms with van der Waals surface area (Å²) in [5, 5.41) is 10.7. The average molecular weight is 1550 g/mol. The smallest absolute Gasteiger partial charge is 0.462 e. The summed E-state index contributed by atoms with van der Waals surface area (Å²) in [5.41, 5.74) is 0. The van der Waals surface area contributed by atoms with Crippen molar-refractivity contribution in [2.24, 2.45) is 11.8 Å². The van der Waals surface area contributed by atoms with E-state index in [1.54, 1.807) is 0 Å². The van der Waals surface area contributed by atoms with Gasteiger partial charge < -0.3 is 33.8 Å². The zero-order valence-corrected chi connectivity index (χ0v) is 71.5. The molecule has 0 spiro atoms. The SMILES string of the molecule is CCCCCCCCCCCCCCCCCCCCCCCCC(=O)O[C@H](COC(=O)CCCCCCCCCCCCCCCCC(C)CC)COP(=O)(O)OC[C@@H](O)COP(=O)(O)OC[C@@H](COC(=O)CCCCCCCCCCCCCC)OC(=O)CCCCCCCCCCCCCC(C)C. The minimum absolute atomic E-state index is 0.107. The lowest BCUT2D eigenvalue weighted by Gasteiger charge is -2.21. The summed E-state index contributed by atoms with van der Waals surface area (Å²) in [4.78, 5) is 73.3. The first kappa shape index (κ1) is 104. The van der Waals surface area contributed by atoms with Gasteiger partial charge in [-0.05, 0) is 37.5 Å². The van der Waals surface area contributed by atoms with Gasteiger partial charge in [0.05, 0.1) is 26.4 Å². The Labute approximate surface area is 651 Å². The van der Waals surface area contributed by atoms with Crippen LogP contribution in [-0.4, -0.2) is 96.7 Å². The molecule has 0 aliphatic heterocycles. The molecular weight excluding hydrogens is 1380 g/mol. The van der Waals surface area contributed by atoms with E-state index in [1.165, 1.54) is 283 Å². The maximum absolute atomic E-state index is 13.2. The van der Waals surface area contributed by atoms with Gasteiger partial charge >= 0.3 is 39.5 Å². The highest BCUT2D eigenvalue weighted by atomic mass is 31.2. The maximum atomic E-state index is 13.2. The topological polar surface area (TPSA) is 237 Å². The number of aliphatic hydroxyl groups excluding tert-OH is 1. The molecule has 0 rings (SSSR count). The first-order chi connectivity index (χ1) is 51.4. The molecule has 19 heteroatoms. The van der Waals surface area contributed by atoms with Crippen LogP contribution in [0.25, 0.3) is 0 Å². The lowest BCUT2D eigenvalue weighted by Crippen LogP contribution is -2.30. The minimum Gasteiger partial charge on any atom is -0.462 e. The molecule has 0 bridgehead atoms. The lowest BCUT2D eigenvalue weighted by atomic mass is 9.99. The Morgan fingerprint density at radius 3 is 0.717 bits per heavy atom. The minimum atomic E-state index is -4.97. The Morgan fingerprint density at radius 2 is 0.481 bits per heavy atom. The standard InChI is InChI=1S/C87H170O17P2/c1-7-10-12-14-16-18-20-22-23-24-25-26-27-28-29-30-35-41-47-53-59-65-71-86(91)103-82(76-98-85(90)70-64-58-52-46-40-34-32-31-33-38-44-50-56-62-68-80(6)9-3)77-101-105(93,94)99-73-81(88)74-100-106(95,96)102-78-83(75-97-84(89)69-63-57-51-45-39-21-19-17-15-13-11-8-2)104-87(92)72-66-60-54-48-42-36-37-43-49-55-61-67-79(4)5/h79-83,88H,7-78H2,1-6H3,(H,93,94)(H,95,96)/t80?,81-,82-,83-/m1/s1. The molecule has 0 aromatic rings. The van der Waals surface area contributed by atoms with E-state index < -0.39 is 97.5 Å². The zero-order valence-electron chi connectivity index (χ0n) is 69.7. The fraction of sp³-hybridized carbons (Fsp3) is 0.954. The first-order valence-electron chi connectivity index (χ1n) is 45.0. The number of esters is 4. The number of carbonyl (C=O) groups excluding carboxylic acids is 4. The van der Waals surface area contributed by atoms with Gasteiger partial charge in [-0.25, -0.2) is 9.13 Å². The van der Waals surface area contributed by atoms with E-state index in [9.17, 15) is 43.2 Å². The molecule has 0 saturated carbocycles. The number of unbranched alkanes of at least 4 members (excludes halogenated alkanes) is 55. The number of carbonyl (C=O) groups is 4. The molecule has 3 N–H and O–H groups in total. The monoisotopic (exact) mass is 1550 g/mol. The summed E-state index contributed by atoms with van der Waals surface area (Å²) in [5.74, 6) is -0.485. The Bertz CT molecular complexity index is 2030. The van der Waals surface area contributed by atoms with E-state index in [-0.39, 0.29) is 25.7 Å². The zero-order chi connectivity index (χ0) is 77.8. The van der Waals surface area contributed by atoms with Crippen LogP contribution in [0, 0.1) is 11.8 Å². The molecule has 0 fully saturated rings. The van der Waals surface area contributed by atoms with Crippen molar-refractivity contribution in [1.82, 2.24) is 0 Å². The van der Waals surface area contributed by atoms with Crippen molar-refractivity contribution >= 4 is 39.5 Å². The van der Waals surface area contributed by atoms with E-state index in [0.29, 0.717) is 25.7 Å². The van der Waals surface area contributed by atoms with E-state index in [0.717, 1.165) is 102 Å². The summed E-state index contributed by atoms with van der Waals surface area (Å²) in [6.07, 6.45) is 70.8. The second-order valence-corrected chi connectivity index (χ2v) is 34.9. The molecule has 17 nitrogen and oxygen atoms in total. The lowest BCUT2D eigenvalue weighted by molar-refractivity contribution is -0.161. The molecule has 0 aromatic heterocycles. The van der Waals surface area contributed by atoms with Crippen LogP contribution in [0.4, 0.5) is 0 Å². The van der Waals surface area contributed by atoms with Crippen LogP contribution in [0.2, 0.25) is 0 Å². The van der Waals surface area contributed by atoms with Crippen LogP contribution >= 0.6 is 15.6 Å². The molecule has 630 valence electrons. The molecule has 6 atom stereocenters. The highest BCUT2D eigenvalue weighted by Gasteiger charge is 2.30. The number of phosphoric acid groups is 2. The average Bonchev–Trinajstić information content (AvgIpc) is 0.901. The second-order valence-electron chi connectivity index (χ2n) is 32.0. The molecule has 0 aliphatic rings. The largest absolute Gasteiger partial charge is 0.472 e. The fourth-order valence-electron chi connectivity index (χ4n) is 13.6. The number of hydrogen-bond donors (Lipinski definition) is 3. The maximum Gasteiger partial charge on any atom is 0.472 e. The third-order valence-corrected chi connectivity index (χ3v) is 22.7. The first-order valence-corrected chi connectivity index (χ1v) is 48.0. The molecule has 0 aromatic carbocycles. The molecule has 106 heavy (non-hydrogen) atoms. The van der Waals surface area contributed by atoms with Gasteiger partial charge in [0, 0.05) is 25.7 Å². The van der Waals surface area contributed by atoms with Gasteiger partial charge in [0.25, 0.3) is 0 Å². The molecule has 0 amide bonds. The van der Waals surface area contributed by atoms with Gasteiger partial charge in [-0.1, -0.05) is 414 Å². The van der Waals surface area contributed by atoms with Crippen molar-refractivity contribution in [2.75, 3.05) is 39.6 Å². The molecular formula is C87H170O17P2. The Kier molecular flexibility index (Phi) is 76.9. The van der Waals surface area contributed by atoms with Crippen molar-refractivity contribution in [1.29, 1.82) is 0 Å². The van der Waals surface area contributed by atoms with Crippen LogP contribution in [0.1, 0.15) is 465 Å². The number of rotatable bonds is 86. The summed E-state index contributed by atoms with van der Waals surface area (Å²) in [7, 11) is -9.93. The van der Waals surface area contributed by atoms with Crippen molar-refractivity contribution in [3.63, 3.8) is 0 Å². The molecule has 0 radical (unpaired) electrons. The normalized spacial score (nSPS) is 14.1. The molecule has 3 unspecified atom stereocenters. The number of hydrogen-bond acceptors (Lipinski definition) is 15. The fourth-order valence-corrected chi connectivity index (χ4v) is 15.1. The predicted molar refractivity (Wildman–Crippen MR) is 437 cm³/mol. The third-order valence-electron chi connectivity index (χ3n) is 20.8. The number of aliphatic hydroxyl groups is 1. The highest BCUT2D eigenvalue weighted by molar-refractivity contribution is 7.47. The Hall–Kier alpha value is -1.94. The van der Waals surface area contributed by atoms with E-state index in [2.05, 4.69) is 41.5 Å². The highest BCUT2D eigenvalue weighted by Crippen LogP contribution is 2.45. The molecule has 0 aliphatic carbocycles. The summed E-state index contributed by atoms with van der Waals surface area (Å²) >= 11 is 0.